The summed E-state index contributed by atoms with van der Waals surface area (Å²) < 4.78 is 0. The van der Waals surface area contributed by atoms with Crippen LogP contribution in [0.4, 0.5) is 5.69 Å². The molecule has 0 atom stereocenters. The summed E-state index contributed by atoms with van der Waals surface area (Å²) in [6, 6.07) is 16.3. The number of Topliss-reactive ketones (excluding diaryl/α,β-unsaturated/α-hetero) is 1. The first kappa shape index (κ1) is 17.0. The first-order valence-electron chi connectivity index (χ1n) is 7.72. The maximum atomic E-state index is 12.6. The fraction of sp³-hybridized carbons (Fsp3) is 0.100. The number of carbonyl (C=O) groups excluding carboxylic acids is 2. The Bertz CT molecular complexity index is 881. The molecule has 0 aromatic heterocycles. The standard InChI is InChI=1S/C20H17NO3S/c1-21(2)15-10-8-13(9-11-15)12-16-19(23)17(20(24)25-16)18(22)14-6-4-3-5-7-14/h3-12,22H,1-2H3/b16-12-,18-17+. The molecule has 0 spiro atoms. The quantitative estimate of drug-likeness (QED) is 0.516. The highest BCUT2D eigenvalue weighted by Gasteiger charge is 2.35. The van der Waals surface area contributed by atoms with E-state index in [4.69, 9.17) is 0 Å². The molecule has 0 saturated carbocycles. The van der Waals surface area contributed by atoms with Crippen LogP contribution in [0.15, 0.2) is 65.1 Å². The fourth-order valence-electron chi connectivity index (χ4n) is 2.47. The number of aliphatic hydroxyl groups excluding tert-OH is 1. The molecule has 4 nitrogen and oxygen atoms in total. The van der Waals surface area contributed by atoms with Gasteiger partial charge in [-0.15, -0.1) is 0 Å². The van der Waals surface area contributed by atoms with Crippen molar-refractivity contribution in [2.24, 2.45) is 0 Å². The SMILES string of the molecule is CN(C)c1ccc(/C=C2\SC(=O)/C(=C(/O)c3ccccc3)C2=O)cc1. The molecule has 1 fully saturated rings. The molecule has 1 aliphatic heterocycles. The zero-order chi connectivity index (χ0) is 18.0. The van der Waals surface area contributed by atoms with Gasteiger partial charge in [0.05, 0.1) is 4.91 Å². The lowest BCUT2D eigenvalue weighted by molar-refractivity contribution is -0.114. The molecule has 2 aromatic carbocycles. The van der Waals surface area contributed by atoms with E-state index in [2.05, 4.69) is 0 Å². The number of ketones is 1. The van der Waals surface area contributed by atoms with Gasteiger partial charge in [0.2, 0.25) is 10.9 Å². The van der Waals surface area contributed by atoms with Gasteiger partial charge in [-0.05, 0) is 35.5 Å². The monoisotopic (exact) mass is 351 g/mol. The van der Waals surface area contributed by atoms with Crippen LogP contribution in [0.2, 0.25) is 0 Å². The summed E-state index contributed by atoms with van der Waals surface area (Å²) >= 11 is 0.854. The van der Waals surface area contributed by atoms with Crippen LogP contribution in [-0.4, -0.2) is 30.1 Å². The van der Waals surface area contributed by atoms with Crippen LogP contribution in [0.3, 0.4) is 0 Å². The summed E-state index contributed by atoms with van der Waals surface area (Å²) in [7, 11) is 3.90. The smallest absolute Gasteiger partial charge is 0.232 e. The Balaban J connectivity index is 1.93. The number of nitrogens with zero attached hydrogens (tertiary/aromatic N) is 1. The van der Waals surface area contributed by atoms with Crippen LogP contribution in [0.25, 0.3) is 11.8 Å². The second-order valence-corrected chi connectivity index (χ2v) is 6.82. The molecule has 25 heavy (non-hydrogen) atoms. The van der Waals surface area contributed by atoms with Crippen LogP contribution in [0.1, 0.15) is 11.1 Å². The summed E-state index contributed by atoms with van der Waals surface area (Å²) in [5.41, 5.74) is 2.17. The number of aliphatic hydroxyl groups is 1. The Morgan fingerprint density at radius 3 is 2.24 bits per heavy atom. The van der Waals surface area contributed by atoms with Crippen molar-refractivity contribution in [2.75, 3.05) is 19.0 Å². The molecular formula is C20H17NO3S. The normalized spacial score (nSPS) is 17.9. The molecule has 126 valence electrons. The average molecular weight is 351 g/mol. The highest BCUT2D eigenvalue weighted by molar-refractivity contribution is 8.19. The number of carbonyl (C=O) groups is 2. The largest absolute Gasteiger partial charge is 0.506 e. The summed E-state index contributed by atoms with van der Waals surface area (Å²) in [4.78, 5) is 27.1. The van der Waals surface area contributed by atoms with Crippen molar-refractivity contribution in [3.8, 4) is 0 Å². The van der Waals surface area contributed by atoms with Gasteiger partial charge in [-0.25, -0.2) is 0 Å². The lowest BCUT2D eigenvalue weighted by Crippen LogP contribution is -2.08. The molecule has 1 aliphatic rings. The topological polar surface area (TPSA) is 57.6 Å². The van der Waals surface area contributed by atoms with Gasteiger partial charge in [0.25, 0.3) is 0 Å². The Morgan fingerprint density at radius 2 is 1.64 bits per heavy atom. The highest BCUT2D eigenvalue weighted by Crippen LogP contribution is 2.37. The van der Waals surface area contributed by atoms with E-state index < -0.39 is 10.9 Å². The lowest BCUT2D eigenvalue weighted by atomic mass is 10.0. The number of hydrogen-bond donors (Lipinski definition) is 1. The van der Waals surface area contributed by atoms with Crippen molar-refractivity contribution < 1.29 is 14.7 Å². The van der Waals surface area contributed by atoms with E-state index >= 15 is 0 Å². The van der Waals surface area contributed by atoms with E-state index in [9.17, 15) is 14.7 Å². The summed E-state index contributed by atoms with van der Waals surface area (Å²) in [6.07, 6.45) is 1.68. The van der Waals surface area contributed by atoms with E-state index in [0.29, 0.717) is 10.5 Å². The Hall–Kier alpha value is -2.79. The van der Waals surface area contributed by atoms with Crippen molar-refractivity contribution in [3.63, 3.8) is 0 Å². The lowest BCUT2D eigenvalue weighted by Gasteiger charge is -2.11. The van der Waals surface area contributed by atoms with Crippen molar-refractivity contribution in [1.82, 2.24) is 0 Å². The van der Waals surface area contributed by atoms with Gasteiger partial charge in [-0.1, -0.05) is 42.5 Å². The van der Waals surface area contributed by atoms with E-state index in [1.807, 2.05) is 43.3 Å². The van der Waals surface area contributed by atoms with Crippen LogP contribution in [-0.2, 0) is 9.59 Å². The third-order valence-corrected chi connectivity index (χ3v) is 4.76. The average Bonchev–Trinajstić information content (AvgIpc) is 2.89. The molecular weight excluding hydrogens is 334 g/mol. The van der Waals surface area contributed by atoms with Gasteiger partial charge >= 0.3 is 0 Å². The molecule has 0 unspecified atom stereocenters. The zero-order valence-electron chi connectivity index (χ0n) is 13.9. The number of anilines is 1. The second kappa shape index (κ2) is 6.99. The third-order valence-electron chi connectivity index (χ3n) is 3.85. The van der Waals surface area contributed by atoms with Crippen LogP contribution in [0, 0.1) is 0 Å². The van der Waals surface area contributed by atoms with Gasteiger partial charge in [0, 0.05) is 25.3 Å². The highest BCUT2D eigenvalue weighted by atomic mass is 32.2. The van der Waals surface area contributed by atoms with Gasteiger partial charge in [0.1, 0.15) is 11.3 Å². The Labute approximate surface area is 150 Å². The molecule has 5 heteroatoms. The summed E-state index contributed by atoms with van der Waals surface area (Å²) in [5, 5.41) is 9.91. The van der Waals surface area contributed by atoms with Crippen molar-refractivity contribution in [3.05, 3.63) is 76.2 Å². The minimum atomic E-state index is -0.437. The van der Waals surface area contributed by atoms with Crippen molar-refractivity contribution >= 4 is 40.2 Å². The van der Waals surface area contributed by atoms with Crippen molar-refractivity contribution in [2.45, 2.75) is 0 Å². The Morgan fingerprint density at radius 1 is 1.00 bits per heavy atom. The molecule has 0 radical (unpaired) electrons. The molecule has 1 saturated heterocycles. The first-order chi connectivity index (χ1) is 12.0. The summed E-state index contributed by atoms with van der Waals surface area (Å²) in [6.45, 7) is 0. The van der Waals surface area contributed by atoms with Crippen LogP contribution < -0.4 is 4.90 Å². The minimum absolute atomic E-state index is 0.160. The zero-order valence-corrected chi connectivity index (χ0v) is 14.7. The molecule has 0 aliphatic carbocycles. The van der Waals surface area contributed by atoms with Gasteiger partial charge in [-0.3, -0.25) is 9.59 Å². The number of allylic oxidation sites excluding steroid dienone is 1. The molecule has 3 rings (SSSR count). The van der Waals surface area contributed by atoms with Crippen LogP contribution in [0.5, 0.6) is 0 Å². The predicted octanol–water partition coefficient (Wildman–Crippen LogP) is 3.91. The van der Waals surface area contributed by atoms with Gasteiger partial charge in [0.15, 0.2) is 0 Å². The number of rotatable bonds is 3. The molecule has 0 bridgehead atoms. The third kappa shape index (κ3) is 3.51. The molecule has 1 heterocycles. The summed E-state index contributed by atoms with van der Waals surface area (Å²) in [5.74, 6) is -0.706. The van der Waals surface area contributed by atoms with Gasteiger partial charge in [-0.2, -0.15) is 0 Å². The second-order valence-electron chi connectivity index (χ2n) is 5.80. The van der Waals surface area contributed by atoms with Gasteiger partial charge < -0.3 is 10.0 Å². The minimum Gasteiger partial charge on any atom is -0.506 e. The number of thioether (sulfide) groups is 1. The maximum absolute atomic E-state index is 12.6. The van der Waals surface area contributed by atoms with E-state index in [0.717, 1.165) is 23.0 Å². The molecule has 2 aromatic rings. The number of benzene rings is 2. The van der Waals surface area contributed by atoms with Crippen molar-refractivity contribution in [1.29, 1.82) is 0 Å². The molecule has 1 N–H and O–H groups in total. The number of hydrogen-bond acceptors (Lipinski definition) is 5. The van der Waals surface area contributed by atoms with E-state index in [-0.39, 0.29) is 11.3 Å². The van der Waals surface area contributed by atoms with E-state index in [1.165, 1.54) is 0 Å². The maximum Gasteiger partial charge on any atom is 0.232 e. The van der Waals surface area contributed by atoms with E-state index in [1.54, 1.807) is 36.4 Å². The first-order valence-corrected chi connectivity index (χ1v) is 8.53. The van der Waals surface area contributed by atoms with Crippen LogP contribution >= 0.6 is 11.8 Å². The predicted molar refractivity (Wildman–Crippen MR) is 102 cm³/mol. The molecule has 0 amide bonds. The Kier molecular flexibility index (Phi) is 4.76. The fourth-order valence-corrected chi connectivity index (χ4v) is 3.35.